The fourth-order valence-corrected chi connectivity index (χ4v) is 2.65. The maximum atomic E-state index is 6.42. The van der Waals surface area contributed by atoms with Crippen LogP contribution in [0.4, 0.5) is 0 Å². The summed E-state index contributed by atoms with van der Waals surface area (Å²) in [4.78, 5) is 0. The molecular formula is C16H17ClN4. The molecule has 0 aliphatic heterocycles. The highest BCUT2D eigenvalue weighted by Crippen LogP contribution is 2.26. The van der Waals surface area contributed by atoms with E-state index in [2.05, 4.69) is 28.6 Å². The van der Waals surface area contributed by atoms with Crippen molar-refractivity contribution in [2.75, 3.05) is 6.54 Å². The summed E-state index contributed by atoms with van der Waals surface area (Å²) in [6, 6.07) is 13.8. The van der Waals surface area contributed by atoms with Gasteiger partial charge in [0.15, 0.2) is 0 Å². The van der Waals surface area contributed by atoms with Crippen molar-refractivity contribution in [2.24, 2.45) is 0 Å². The molecule has 5 heteroatoms. The summed E-state index contributed by atoms with van der Waals surface area (Å²) >= 11 is 6.42. The average molecular weight is 301 g/mol. The second-order valence-electron chi connectivity index (χ2n) is 4.91. The molecule has 1 N–H and O–H groups in total. The molecule has 21 heavy (non-hydrogen) atoms. The highest BCUT2D eigenvalue weighted by atomic mass is 35.5. The van der Waals surface area contributed by atoms with Gasteiger partial charge in [-0.05, 0) is 36.7 Å². The lowest BCUT2D eigenvalue weighted by Crippen LogP contribution is -2.16. The molecule has 1 heterocycles. The lowest BCUT2D eigenvalue weighted by Gasteiger charge is -2.12. The summed E-state index contributed by atoms with van der Waals surface area (Å²) in [5.41, 5.74) is 3.84. The molecule has 0 bridgehead atoms. The Kier molecular flexibility index (Phi) is 4.18. The number of nitrogens with one attached hydrogen (secondary N) is 1. The number of hydrogen-bond donors (Lipinski definition) is 1. The Balaban J connectivity index is 2.08. The van der Waals surface area contributed by atoms with Gasteiger partial charge in [-0.25, -0.2) is 4.68 Å². The molecule has 108 valence electrons. The Bertz CT molecular complexity index is 751. The van der Waals surface area contributed by atoms with Crippen molar-refractivity contribution in [3.8, 4) is 5.69 Å². The molecule has 0 radical (unpaired) electrons. The Labute approximate surface area is 128 Å². The molecule has 0 aliphatic rings. The summed E-state index contributed by atoms with van der Waals surface area (Å²) in [5, 5.41) is 12.6. The van der Waals surface area contributed by atoms with E-state index >= 15 is 0 Å². The van der Waals surface area contributed by atoms with Crippen LogP contribution in [0.3, 0.4) is 0 Å². The van der Waals surface area contributed by atoms with Gasteiger partial charge in [0.05, 0.1) is 16.2 Å². The molecule has 0 fully saturated rings. The lowest BCUT2D eigenvalue weighted by atomic mass is 10.1. The van der Waals surface area contributed by atoms with Crippen molar-refractivity contribution in [3.05, 3.63) is 53.1 Å². The van der Waals surface area contributed by atoms with Gasteiger partial charge in [0.25, 0.3) is 0 Å². The molecule has 0 spiro atoms. The number of para-hydroxylation sites is 2. The third-order valence-corrected chi connectivity index (χ3v) is 3.68. The van der Waals surface area contributed by atoms with Gasteiger partial charge in [-0.2, -0.15) is 0 Å². The molecule has 3 aromatic rings. The van der Waals surface area contributed by atoms with Gasteiger partial charge in [-0.3, -0.25) is 0 Å². The summed E-state index contributed by atoms with van der Waals surface area (Å²) in [7, 11) is 0. The molecular weight excluding hydrogens is 284 g/mol. The van der Waals surface area contributed by atoms with E-state index in [1.165, 1.54) is 0 Å². The molecule has 1 aromatic heterocycles. The van der Waals surface area contributed by atoms with E-state index in [1.54, 1.807) is 0 Å². The Morgan fingerprint density at radius 1 is 1.14 bits per heavy atom. The summed E-state index contributed by atoms with van der Waals surface area (Å²) < 4.78 is 1.82. The first kappa shape index (κ1) is 14.0. The lowest BCUT2D eigenvalue weighted by molar-refractivity contribution is 0.669. The van der Waals surface area contributed by atoms with Crippen molar-refractivity contribution >= 4 is 22.6 Å². The van der Waals surface area contributed by atoms with E-state index in [-0.39, 0.29) is 0 Å². The average Bonchev–Trinajstić information content (AvgIpc) is 2.92. The van der Waals surface area contributed by atoms with Crippen LogP contribution in [-0.4, -0.2) is 21.5 Å². The van der Waals surface area contributed by atoms with Gasteiger partial charge in [0.2, 0.25) is 0 Å². The minimum absolute atomic E-state index is 0.682. The first-order chi connectivity index (χ1) is 10.3. The third-order valence-electron chi connectivity index (χ3n) is 3.38. The van der Waals surface area contributed by atoms with Gasteiger partial charge >= 0.3 is 0 Å². The molecule has 0 atom stereocenters. The van der Waals surface area contributed by atoms with Gasteiger partial charge in [-0.15, -0.1) is 5.10 Å². The minimum atomic E-state index is 0.682. The fraction of sp³-hybridized carbons (Fsp3) is 0.250. The van der Waals surface area contributed by atoms with Crippen molar-refractivity contribution in [1.29, 1.82) is 0 Å². The number of hydrogen-bond acceptors (Lipinski definition) is 3. The van der Waals surface area contributed by atoms with Gasteiger partial charge in [0.1, 0.15) is 5.52 Å². The van der Waals surface area contributed by atoms with Crippen LogP contribution >= 0.6 is 11.6 Å². The number of rotatable bonds is 5. The van der Waals surface area contributed by atoms with E-state index < -0.39 is 0 Å². The van der Waals surface area contributed by atoms with Crippen LogP contribution in [-0.2, 0) is 6.54 Å². The van der Waals surface area contributed by atoms with Gasteiger partial charge in [0, 0.05) is 6.54 Å². The molecule has 0 unspecified atom stereocenters. The maximum absolute atomic E-state index is 6.42. The van der Waals surface area contributed by atoms with E-state index in [9.17, 15) is 0 Å². The van der Waals surface area contributed by atoms with Gasteiger partial charge in [-0.1, -0.05) is 48.0 Å². The molecule has 4 nitrogen and oxygen atoms in total. The Morgan fingerprint density at radius 2 is 2.00 bits per heavy atom. The van der Waals surface area contributed by atoms with Crippen LogP contribution in [0.15, 0.2) is 42.5 Å². The Hall–Kier alpha value is -1.91. The molecule has 0 saturated heterocycles. The second kappa shape index (κ2) is 6.24. The number of benzene rings is 2. The molecule has 0 amide bonds. The molecule has 0 aliphatic carbocycles. The minimum Gasteiger partial charge on any atom is -0.313 e. The smallest absolute Gasteiger partial charge is 0.113 e. The van der Waals surface area contributed by atoms with Gasteiger partial charge < -0.3 is 5.32 Å². The zero-order valence-electron chi connectivity index (χ0n) is 11.9. The highest BCUT2D eigenvalue weighted by Gasteiger charge is 2.13. The molecule has 2 aromatic carbocycles. The monoisotopic (exact) mass is 300 g/mol. The number of aromatic nitrogens is 3. The van der Waals surface area contributed by atoms with E-state index in [0.717, 1.165) is 41.8 Å². The van der Waals surface area contributed by atoms with Crippen LogP contribution < -0.4 is 5.32 Å². The van der Waals surface area contributed by atoms with Crippen LogP contribution in [0.25, 0.3) is 16.7 Å². The summed E-state index contributed by atoms with van der Waals surface area (Å²) in [5.74, 6) is 0. The fourth-order valence-electron chi connectivity index (χ4n) is 2.37. The summed E-state index contributed by atoms with van der Waals surface area (Å²) in [6.07, 6.45) is 1.10. The highest BCUT2D eigenvalue weighted by molar-refractivity contribution is 6.32. The van der Waals surface area contributed by atoms with E-state index in [0.29, 0.717) is 5.02 Å². The van der Waals surface area contributed by atoms with Crippen molar-refractivity contribution < 1.29 is 0 Å². The zero-order valence-corrected chi connectivity index (χ0v) is 12.6. The van der Waals surface area contributed by atoms with E-state index in [1.807, 2.05) is 41.1 Å². The van der Waals surface area contributed by atoms with Crippen molar-refractivity contribution in [2.45, 2.75) is 19.9 Å². The van der Waals surface area contributed by atoms with Crippen LogP contribution in [0.2, 0.25) is 5.02 Å². The standard InChI is InChI=1S/C16H17ClN4/c1-2-10-18-11-12-6-5-7-13(17)16(12)21-15-9-4-3-8-14(15)19-20-21/h3-9,18H,2,10-11H2,1H3. The van der Waals surface area contributed by atoms with Crippen molar-refractivity contribution in [3.63, 3.8) is 0 Å². The predicted molar refractivity (Wildman–Crippen MR) is 85.9 cm³/mol. The number of nitrogens with zero attached hydrogens (tertiary/aromatic N) is 3. The SMILES string of the molecule is CCCNCc1cccc(Cl)c1-n1nnc2ccccc21. The first-order valence-corrected chi connectivity index (χ1v) is 7.48. The number of fused-ring (bicyclic) bond motifs is 1. The van der Waals surface area contributed by atoms with E-state index in [4.69, 9.17) is 11.6 Å². The third kappa shape index (κ3) is 2.77. The van der Waals surface area contributed by atoms with Crippen molar-refractivity contribution in [1.82, 2.24) is 20.3 Å². The summed E-state index contributed by atoms with van der Waals surface area (Å²) in [6.45, 7) is 3.89. The topological polar surface area (TPSA) is 42.7 Å². The van der Waals surface area contributed by atoms with Crippen LogP contribution in [0, 0.1) is 0 Å². The first-order valence-electron chi connectivity index (χ1n) is 7.10. The second-order valence-corrected chi connectivity index (χ2v) is 5.32. The van der Waals surface area contributed by atoms with Crippen LogP contribution in [0.5, 0.6) is 0 Å². The quantitative estimate of drug-likeness (QED) is 0.733. The molecule has 3 rings (SSSR count). The molecule has 0 saturated carbocycles. The predicted octanol–water partition coefficient (Wildman–Crippen LogP) is 3.57. The Morgan fingerprint density at radius 3 is 2.86 bits per heavy atom. The maximum Gasteiger partial charge on any atom is 0.113 e. The number of halogens is 1. The normalized spacial score (nSPS) is 11.1. The van der Waals surface area contributed by atoms with Crippen LogP contribution in [0.1, 0.15) is 18.9 Å². The largest absolute Gasteiger partial charge is 0.313 e. The zero-order chi connectivity index (χ0) is 14.7.